The van der Waals surface area contributed by atoms with Crippen molar-refractivity contribution < 1.29 is 0 Å². The Morgan fingerprint density at radius 3 is 2.60 bits per heavy atom. The number of rotatable bonds is 6. The Bertz CT molecular complexity index is 933. The smallest absolute Gasteiger partial charge is 0.194 e. The van der Waals surface area contributed by atoms with Crippen LogP contribution in [0.1, 0.15) is 13.3 Å². The molecule has 1 saturated heterocycles. The molecule has 1 aliphatic rings. The van der Waals surface area contributed by atoms with Gasteiger partial charge in [-0.3, -0.25) is 4.99 Å². The number of hydrogen-bond acceptors (Lipinski definition) is 4. The fraction of sp³-hybridized carbons (Fsp3) is 0.409. The zero-order valence-corrected chi connectivity index (χ0v) is 19.8. The zero-order chi connectivity index (χ0) is 19.9. The average Bonchev–Trinajstić information content (AvgIpc) is 3.20. The summed E-state index contributed by atoms with van der Waals surface area (Å²) in [4.78, 5) is 18.5. The topological polar surface area (TPSA) is 61.6 Å². The van der Waals surface area contributed by atoms with Crippen LogP contribution in [0.15, 0.2) is 60.0 Å². The molecule has 3 aromatic rings. The van der Waals surface area contributed by atoms with Gasteiger partial charge in [-0.1, -0.05) is 18.2 Å². The van der Waals surface area contributed by atoms with Crippen LogP contribution in [0.3, 0.4) is 0 Å². The van der Waals surface area contributed by atoms with E-state index >= 15 is 0 Å². The van der Waals surface area contributed by atoms with Gasteiger partial charge in [-0.25, -0.2) is 9.97 Å². The highest BCUT2D eigenvalue weighted by molar-refractivity contribution is 14.0. The highest BCUT2D eigenvalue weighted by atomic mass is 127. The van der Waals surface area contributed by atoms with Crippen molar-refractivity contribution in [2.45, 2.75) is 19.9 Å². The quantitative estimate of drug-likeness (QED) is 0.235. The summed E-state index contributed by atoms with van der Waals surface area (Å²) in [6.07, 6.45) is 4.77. The minimum atomic E-state index is 0. The van der Waals surface area contributed by atoms with Gasteiger partial charge in [0.05, 0.1) is 17.4 Å². The van der Waals surface area contributed by atoms with Crippen LogP contribution in [0.5, 0.6) is 0 Å². The van der Waals surface area contributed by atoms with Crippen molar-refractivity contribution in [2.75, 3.05) is 44.2 Å². The number of nitrogens with zero attached hydrogens (tertiary/aromatic N) is 6. The molecule has 0 amide bonds. The van der Waals surface area contributed by atoms with Gasteiger partial charge in [-0.05, 0) is 37.6 Å². The molecule has 0 saturated carbocycles. The minimum absolute atomic E-state index is 0. The summed E-state index contributed by atoms with van der Waals surface area (Å²) in [5, 5.41) is 3.45. The molecule has 0 aliphatic carbocycles. The summed E-state index contributed by atoms with van der Waals surface area (Å²) in [7, 11) is 0. The van der Waals surface area contributed by atoms with Crippen molar-refractivity contribution >= 4 is 46.8 Å². The van der Waals surface area contributed by atoms with E-state index in [9.17, 15) is 0 Å². The average molecular weight is 519 g/mol. The van der Waals surface area contributed by atoms with Crippen LogP contribution >= 0.6 is 24.0 Å². The van der Waals surface area contributed by atoms with E-state index in [1.165, 1.54) is 5.52 Å². The van der Waals surface area contributed by atoms with Gasteiger partial charge in [-0.2, -0.15) is 0 Å². The molecule has 1 aromatic carbocycles. The van der Waals surface area contributed by atoms with Gasteiger partial charge in [0.1, 0.15) is 5.82 Å². The van der Waals surface area contributed by atoms with Gasteiger partial charge in [0.2, 0.25) is 0 Å². The van der Waals surface area contributed by atoms with Gasteiger partial charge in [-0.15, -0.1) is 24.0 Å². The molecule has 2 aromatic heterocycles. The first-order valence-corrected chi connectivity index (χ1v) is 10.4. The van der Waals surface area contributed by atoms with E-state index in [1.807, 2.05) is 30.7 Å². The summed E-state index contributed by atoms with van der Waals surface area (Å²) in [5.41, 5.74) is 2.24. The van der Waals surface area contributed by atoms with E-state index < -0.39 is 0 Å². The van der Waals surface area contributed by atoms with Gasteiger partial charge < -0.3 is 19.7 Å². The van der Waals surface area contributed by atoms with Crippen LogP contribution in [0, 0.1) is 0 Å². The highest BCUT2D eigenvalue weighted by Crippen LogP contribution is 2.13. The monoisotopic (exact) mass is 519 g/mol. The molecule has 4 rings (SSSR count). The predicted octanol–water partition coefficient (Wildman–Crippen LogP) is 3.23. The number of anilines is 1. The Balaban J connectivity index is 0.00000256. The van der Waals surface area contributed by atoms with Crippen LogP contribution in [0.25, 0.3) is 11.0 Å². The van der Waals surface area contributed by atoms with Gasteiger partial charge >= 0.3 is 0 Å². The Hall–Kier alpha value is -2.36. The summed E-state index contributed by atoms with van der Waals surface area (Å²) in [5.74, 6) is 2.07. The third-order valence-corrected chi connectivity index (χ3v) is 5.23. The molecule has 0 radical (unpaired) electrons. The molecule has 0 atom stereocenters. The van der Waals surface area contributed by atoms with Crippen LogP contribution in [-0.4, -0.2) is 64.7 Å². The van der Waals surface area contributed by atoms with Crippen LogP contribution in [0.4, 0.5) is 5.82 Å². The maximum absolute atomic E-state index is 4.88. The molecule has 8 heteroatoms. The third kappa shape index (κ3) is 5.41. The molecule has 3 heterocycles. The molecule has 30 heavy (non-hydrogen) atoms. The van der Waals surface area contributed by atoms with Gasteiger partial charge in [0.25, 0.3) is 0 Å². The van der Waals surface area contributed by atoms with Crippen molar-refractivity contribution in [3.05, 3.63) is 55.0 Å². The van der Waals surface area contributed by atoms with Gasteiger partial charge in [0, 0.05) is 52.0 Å². The second-order valence-corrected chi connectivity index (χ2v) is 7.18. The molecule has 7 nitrogen and oxygen atoms in total. The Labute approximate surface area is 195 Å². The minimum Gasteiger partial charge on any atom is -0.357 e. The van der Waals surface area contributed by atoms with E-state index in [2.05, 4.69) is 60.8 Å². The largest absolute Gasteiger partial charge is 0.357 e. The first kappa shape index (κ1) is 22.3. The van der Waals surface area contributed by atoms with E-state index in [-0.39, 0.29) is 24.0 Å². The van der Waals surface area contributed by atoms with Crippen LogP contribution in [0.2, 0.25) is 0 Å². The Kier molecular flexibility index (Phi) is 8.30. The molecule has 160 valence electrons. The number of para-hydroxylation sites is 2. The lowest BCUT2D eigenvalue weighted by Crippen LogP contribution is -2.52. The number of piperazine rings is 1. The number of hydrogen-bond donors (Lipinski definition) is 1. The molecule has 1 fully saturated rings. The molecular formula is C22H30IN7. The fourth-order valence-corrected chi connectivity index (χ4v) is 3.73. The Morgan fingerprint density at radius 1 is 1.03 bits per heavy atom. The van der Waals surface area contributed by atoms with Crippen LogP contribution in [-0.2, 0) is 6.54 Å². The summed E-state index contributed by atoms with van der Waals surface area (Å²) < 4.78 is 2.21. The third-order valence-electron chi connectivity index (χ3n) is 5.23. The lowest BCUT2D eigenvalue weighted by atomic mass is 10.3. The second kappa shape index (κ2) is 11.1. The number of aromatic nitrogens is 3. The Morgan fingerprint density at radius 2 is 1.83 bits per heavy atom. The van der Waals surface area contributed by atoms with E-state index in [4.69, 9.17) is 4.99 Å². The summed E-state index contributed by atoms with van der Waals surface area (Å²) >= 11 is 0. The summed E-state index contributed by atoms with van der Waals surface area (Å²) in [6, 6.07) is 14.3. The highest BCUT2D eigenvalue weighted by Gasteiger charge is 2.20. The predicted molar refractivity (Wildman–Crippen MR) is 134 cm³/mol. The lowest BCUT2D eigenvalue weighted by Gasteiger charge is -2.37. The molecule has 0 spiro atoms. The number of pyridine rings is 1. The second-order valence-electron chi connectivity index (χ2n) is 7.18. The number of aryl methyl sites for hydroxylation is 1. The number of benzene rings is 1. The molecular weight excluding hydrogens is 489 g/mol. The number of guanidine groups is 1. The first-order valence-electron chi connectivity index (χ1n) is 10.4. The zero-order valence-electron chi connectivity index (χ0n) is 17.4. The number of nitrogens with one attached hydrogen (secondary N) is 1. The maximum Gasteiger partial charge on any atom is 0.194 e. The maximum atomic E-state index is 4.88. The van der Waals surface area contributed by atoms with Crippen molar-refractivity contribution in [1.82, 2.24) is 24.8 Å². The van der Waals surface area contributed by atoms with Crippen molar-refractivity contribution in [1.29, 1.82) is 0 Å². The number of fused-ring (bicyclic) bond motifs is 1. The number of halogens is 1. The van der Waals surface area contributed by atoms with E-state index in [0.717, 1.165) is 69.5 Å². The van der Waals surface area contributed by atoms with Crippen molar-refractivity contribution in [3.8, 4) is 0 Å². The molecule has 0 bridgehead atoms. The molecule has 0 unspecified atom stereocenters. The number of imidazole rings is 1. The standard InChI is InChI=1S/C22H29N7.HI/c1-2-23-22(28-16-14-27(15-17-28)21-10-5-6-11-24-21)25-12-7-13-29-18-26-19-8-3-4-9-20(19)29;/h3-6,8-11,18H,2,7,12-17H2,1H3,(H,23,25);1H. The summed E-state index contributed by atoms with van der Waals surface area (Å²) in [6.45, 7) is 8.56. The SMILES string of the molecule is CCNC(=NCCCn1cnc2ccccc21)N1CCN(c2ccccn2)CC1.I. The molecule has 1 N–H and O–H groups in total. The lowest BCUT2D eigenvalue weighted by molar-refractivity contribution is 0.371. The van der Waals surface area contributed by atoms with E-state index in [1.54, 1.807) is 0 Å². The van der Waals surface area contributed by atoms with Crippen LogP contribution < -0.4 is 10.2 Å². The first-order chi connectivity index (χ1) is 14.3. The van der Waals surface area contributed by atoms with Gasteiger partial charge in [0.15, 0.2) is 5.96 Å². The van der Waals surface area contributed by atoms with E-state index in [0.29, 0.717) is 0 Å². The molecule has 1 aliphatic heterocycles. The number of aliphatic imine (C=N–C) groups is 1. The fourth-order valence-electron chi connectivity index (χ4n) is 3.73. The normalized spacial score (nSPS) is 14.6. The van der Waals surface area contributed by atoms with Crippen molar-refractivity contribution in [2.24, 2.45) is 4.99 Å². The van der Waals surface area contributed by atoms with Crippen molar-refractivity contribution in [3.63, 3.8) is 0 Å².